The first kappa shape index (κ1) is 14.9. The summed E-state index contributed by atoms with van der Waals surface area (Å²) in [5.41, 5.74) is -1.04. The highest BCUT2D eigenvalue weighted by Crippen LogP contribution is 2.32. The molecule has 20 heavy (non-hydrogen) atoms. The highest BCUT2D eigenvalue weighted by atomic mass is 35.5. The Balaban J connectivity index is 2.24. The third kappa shape index (κ3) is 3.73. The summed E-state index contributed by atoms with van der Waals surface area (Å²) in [5, 5.41) is 9.99. The normalized spacial score (nSPS) is 18.0. The second-order valence-electron chi connectivity index (χ2n) is 3.72. The van der Waals surface area contributed by atoms with Gasteiger partial charge in [-0.15, -0.1) is 5.10 Å². The van der Waals surface area contributed by atoms with Crippen LogP contribution in [0.5, 0.6) is 0 Å². The van der Waals surface area contributed by atoms with Crippen molar-refractivity contribution < 1.29 is 18.0 Å². The first-order chi connectivity index (χ1) is 9.36. The Hall–Kier alpha value is -1.54. The topological polar surface area (TPSA) is 53.8 Å². The lowest BCUT2D eigenvalue weighted by Gasteiger charge is -2.09. The maximum absolute atomic E-state index is 12.8. The quantitative estimate of drug-likeness (QED) is 0.672. The molecule has 0 bridgehead atoms. The van der Waals surface area contributed by atoms with Crippen LogP contribution in [0.3, 0.4) is 0 Å². The van der Waals surface area contributed by atoms with Gasteiger partial charge in [0.25, 0.3) is 0 Å². The smallest absolute Gasteiger partial charge is 0.303 e. The number of nitrogens with one attached hydrogen (secondary N) is 1. The van der Waals surface area contributed by atoms with E-state index in [0.717, 1.165) is 36.2 Å². The van der Waals surface area contributed by atoms with Gasteiger partial charge in [-0.2, -0.15) is 18.3 Å². The van der Waals surface area contributed by atoms with Gasteiger partial charge >= 0.3 is 6.18 Å². The molecule has 2 rings (SSSR count). The summed E-state index contributed by atoms with van der Waals surface area (Å²) in [6, 6.07) is 3.18. The lowest BCUT2D eigenvalue weighted by molar-refractivity contribution is -0.137. The fourth-order valence-corrected chi connectivity index (χ4v) is 2.23. The number of amides is 1. The molecule has 0 aliphatic carbocycles. The van der Waals surface area contributed by atoms with Crippen LogP contribution >= 0.6 is 23.4 Å². The zero-order chi connectivity index (χ0) is 14.8. The summed E-state index contributed by atoms with van der Waals surface area (Å²) in [5.74, 6) is 0.00181. The van der Waals surface area contributed by atoms with E-state index in [0.29, 0.717) is 0 Å². The second kappa shape index (κ2) is 5.84. The Morgan fingerprint density at radius 1 is 1.40 bits per heavy atom. The van der Waals surface area contributed by atoms with E-state index in [4.69, 9.17) is 11.6 Å². The molecule has 1 aliphatic rings. The number of thioether (sulfide) groups is 1. The minimum Gasteiger partial charge on any atom is -0.303 e. The van der Waals surface area contributed by atoms with E-state index in [1.807, 2.05) is 0 Å². The summed E-state index contributed by atoms with van der Waals surface area (Å²) in [6.07, 6.45) is -3.55. The number of benzene rings is 1. The van der Waals surface area contributed by atoms with Crippen LogP contribution in [-0.2, 0) is 11.0 Å². The zero-order valence-corrected chi connectivity index (χ0v) is 11.3. The van der Waals surface area contributed by atoms with Crippen LogP contribution in [0.15, 0.2) is 28.4 Å². The van der Waals surface area contributed by atoms with Crippen molar-refractivity contribution in [2.45, 2.75) is 6.18 Å². The Bertz CT molecular complexity index is 601. The number of carbonyl (C=O) groups is 1. The minimum atomic E-state index is -4.50. The molecule has 1 fully saturated rings. The summed E-state index contributed by atoms with van der Waals surface area (Å²) < 4.78 is 38.3. The van der Waals surface area contributed by atoms with Gasteiger partial charge < -0.3 is 5.32 Å². The predicted molar refractivity (Wildman–Crippen MR) is 72.1 cm³/mol. The molecule has 0 radical (unpaired) electrons. The number of halogens is 4. The van der Waals surface area contributed by atoms with Gasteiger partial charge in [-0.1, -0.05) is 23.4 Å². The van der Waals surface area contributed by atoms with Crippen molar-refractivity contribution in [1.82, 2.24) is 5.32 Å². The van der Waals surface area contributed by atoms with E-state index in [1.165, 1.54) is 0 Å². The average molecular weight is 322 g/mol. The van der Waals surface area contributed by atoms with Crippen molar-refractivity contribution in [3.63, 3.8) is 0 Å². The van der Waals surface area contributed by atoms with Gasteiger partial charge in [-0.25, -0.2) is 0 Å². The van der Waals surface area contributed by atoms with Crippen LogP contribution in [-0.4, -0.2) is 23.0 Å². The van der Waals surface area contributed by atoms with Crippen molar-refractivity contribution in [1.29, 1.82) is 0 Å². The number of rotatable bonds is 2. The summed E-state index contributed by atoms with van der Waals surface area (Å²) >= 11 is 6.79. The zero-order valence-electron chi connectivity index (χ0n) is 9.74. The molecule has 0 spiro atoms. The molecule has 0 aromatic heterocycles. The molecule has 1 aromatic rings. The fraction of sp³-hybridized carbons (Fsp3) is 0.182. The highest BCUT2D eigenvalue weighted by Gasteiger charge is 2.32. The summed E-state index contributed by atoms with van der Waals surface area (Å²) in [6.45, 7) is 0. The van der Waals surface area contributed by atoms with Gasteiger partial charge in [0.05, 0.1) is 17.5 Å². The third-order valence-electron chi connectivity index (χ3n) is 2.25. The largest absolute Gasteiger partial charge is 0.417 e. The Morgan fingerprint density at radius 2 is 2.15 bits per heavy atom. The maximum atomic E-state index is 12.8. The molecule has 1 amide bonds. The Kier molecular flexibility index (Phi) is 4.34. The van der Waals surface area contributed by atoms with Crippen LogP contribution < -0.4 is 5.32 Å². The Morgan fingerprint density at radius 3 is 2.75 bits per heavy atom. The summed E-state index contributed by atoms with van der Waals surface area (Å²) in [4.78, 5) is 10.9. The van der Waals surface area contributed by atoms with Crippen molar-refractivity contribution in [3.8, 4) is 0 Å². The standard InChI is InChI=1S/C11H7ClF3N3OS/c12-7-1-2-8(11(13,14)15)6(3-7)4-16-18-10-17-9(19)5-20-10/h1-4H,5H2,(H,17,18,19). The molecule has 1 saturated heterocycles. The third-order valence-corrected chi connectivity index (χ3v) is 3.35. The van der Waals surface area contributed by atoms with Gasteiger partial charge in [-0.3, -0.25) is 4.79 Å². The van der Waals surface area contributed by atoms with E-state index in [9.17, 15) is 18.0 Å². The molecule has 1 heterocycles. The van der Waals surface area contributed by atoms with Crippen LogP contribution in [0, 0.1) is 0 Å². The number of hydrogen-bond acceptors (Lipinski definition) is 4. The molecule has 0 saturated carbocycles. The molecule has 0 unspecified atom stereocenters. The minimum absolute atomic E-state index is 0.163. The molecule has 4 nitrogen and oxygen atoms in total. The van der Waals surface area contributed by atoms with Gasteiger partial charge in [-0.05, 0) is 18.2 Å². The molecular weight excluding hydrogens is 315 g/mol. The van der Waals surface area contributed by atoms with E-state index >= 15 is 0 Å². The fourth-order valence-electron chi connectivity index (χ4n) is 1.42. The average Bonchev–Trinajstić information content (AvgIpc) is 2.73. The number of nitrogens with zero attached hydrogens (tertiary/aromatic N) is 2. The number of carbonyl (C=O) groups excluding carboxylic acids is 1. The monoisotopic (exact) mass is 321 g/mol. The lowest BCUT2D eigenvalue weighted by atomic mass is 10.1. The maximum Gasteiger partial charge on any atom is 0.417 e. The van der Waals surface area contributed by atoms with E-state index < -0.39 is 11.7 Å². The van der Waals surface area contributed by atoms with Gasteiger partial charge in [0.1, 0.15) is 0 Å². The summed E-state index contributed by atoms with van der Waals surface area (Å²) in [7, 11) is 0. The molecule has 1 N–H and O–H groups in total. The first-order valence-electron chi connectivity index (χ1n) is 5.26. The van der Waals surface area contributed by atoms with Crippen LogP contribution in [0.2, 0.25) is 5.02 Å². The lowest BCUT2D eigenvalue weighted by Crippen LogP contribution is -2.19. The Labute approximate surface area is 121 Å². The van der Waals surface area contributed by atoms with Crippen molar-refractivity contribution in [2.24, 2.45) is 10.2 Å². The number of alkyl halides is 3. The van der Waals surface area contributed by atoms with Crippen molar-refractivity contribution >= 4 is 40.7 Å². The molecule has 1 aromatic carbocycles. The number of hydrogen-bond donors (Lipinski definition) is 1. The molecule has 0 atom stereocenters. The van der Waals surface area contributed by atoms with Crippen LogP contribution in [0.4, 0.5) is 13.2 Å². The van der Waals surface area contributed by atoms with Crippen LogP contribution in [0.25, 0.3) is 0 Å². The van der Waals surface area contributed by atoms with Crippen molar-refractivity contribution in [2.75, 3.05) is 5.75 Å². The van der Waals surface area contributed by atoms with Crippen molar-refractivity contribution in [3.05, 3.63) is 34.3 Å². The number of amidine groups is 1. The highest BCUT2D eigenvalue weighted by molar-refractivity contribution is 8.15. The van der Waals surface area contributed by atoms with Gasteiger partial charge in [0, 0.05) is 10.6 Å². The second-order valence-corrected chi connectivity index (χ2v) is 5.12. The first-order valence-corrected chi connectivity index (χ1v) is 6.63. The van der Waals surface area contributed by atoms with E-state index in [-0.39, 0.29) is 27.4 Å². The SMILES string of the molecule is O=C1CSC(=NN=Cc2cc(Cl)ccc2C(F)(F)F)N1. The molecular formula is C11H7ClF3N3OS. The van der Waals surface area contributed by atoms with Gasteiger partial charge in [0.2, 0.25) is 5.91 Å². The predicted octanol–water partition coefficient (Wildman–Crippen LogP) is 2.91. The molecule has 9 heteroatoms. The molecule has 106 valence electrons. The molecule has 1 aliphatic heterocycles. The van der Waals surface area contributed by atoms with Gasteiger partial charge in [0.15, 0.2) is 5.17 Å². The van der Waals surface area contributed by atoms with E-state index in [2.05, 4.69) is 15.5 Å². The van der Waals surface area contributed by atoms with E-state index in [1.54, 1.807) is 0 Å². The van der Waals surface area contributed by atoms with Crippen LogP contribution in [0.1, 0.15) is 11.1 Å².